The minimum atomic E-state index is -0.0823. The highest BCUT2D eigenvalue weighted by molar-refractivity contribution is 6.02. The fourth-order valence-electron chi connectivity index (χ4n) is 7.69. The summed E-state index contributed by atoms with van der Waals surface area (Å²) in [6, 6.07) is -0.165. The second-order valence-corrected chi connectivity index (χ2v) is 17.5. The number of ketones is 2. The predicted molar refractivity (Wildman–Crippen MR) is 245 cm³/mol. The highest BCUT2D eigenvalue weighted by atomic mass is 16.1. The zero-order valence-electron chi connectivity index (χ0n) is 37.5. The maximum Gasteiger partial charge on any atom is 0.175 e. The van der Waals surface area contributed by atoms with Crippen molar-refractivity contribution in [3.05, 3.63) is 130 Å². The minimum Gasteiger partial charge on any atom is -0.307 e. The molecule has 0 radical (unpaired) electrons. The zero-order valence-corrected chi connectivity index (χ0v) is 37.5. The molecular formula is C52H78N2O2. The molecule has 2 unspecified atom stereocenters. The van der Waals surface area contributed by atoms with E-state index < -0.39 is 0 Å². The first-order valence-electron chi connectivity index (χ1n) is 21.6. The maximum atomic E-state index is 13.2. The summed E-state index contributed by atoms with van der Waals surface area (Å²) in [5, 5.41) is 7.08. The molecule has 0 amide bonds. The summed E-state index contributed by atoms with van der Waals surface area (Å²) in [6.07, 6.45) is 40.8. The van der Waals surface area contributed by atoms with Gasteiger partial charge >= 0.3 is 0 Å². The molecule has 0 saturated heterocycles. The van der Waals surface area contributed by atoms with Gasteiger partial charge in [-0.2, -0.15) is 0 Å². The number of hydrogen-bond acceptors (Lipinski definition) is 4. The molecular weight excluding hydrogens is 685 g/mol. The molecule has 0 aliphatic heterocycles. The van der Waals surface area contributed by atoms with Gasteiger partial charge < -0.3 is 10.6 Å². The number of carbonyl (C=O) groups excluding carboxylic acids is 2. The first kappa shape index (κ1) is 48.5. The van der Waals surface area contributed by atoms with E-state index in [0.717, 1.165) is 83.4 Å². The summed E-state index contributed by atoms with van der Waals surface area (Å²) < 4.78 is 0. The van der Waals surface area contributed by atoms with E-state index in [9.17, 15) is 9.59 Å². The van der Waals surface area contributed by atoms with Crippen LogP contribution >= 0.6 is 0 Å². The van der Waals surface area contributed by atoms with Crippen LogP contribution in [0.15, 0.2) is 130 Å². The maximum absolute atomic E-state index is 13.2. The van der Waals surface area contributed by atoms with Crippen molar-refractivity contribution in [3.63, 3.8) is 0 Å². The average molecular weight is 763 g/mol. The molecule has 4 nitrogen and oxygen atoms in total. The fourth-order valence-corrected chi connectivity index (χ4v) is 7.69. The molecule has 2 atom stereocenters. The van der Waals surface area contributed by atoms with Crippen LogP contribution in [0.2, 0.25) is 0 Å². The monoisotopic (exact) mass is 763 g/mol. The van der Waals surface area contributed by atoms with Crippen LogP contribution in [0.4, 0.5) is 0 Å². The molecule has 0 saturated carbocycles. The van der Waals surface area contributed by atoms with Crippen LogP contribution in [-0.2, 0) is 9.59 Å². The van der Waals surface area contributed by atoms with E-state index in [-0.39, 0.29) is 34.5 Å². The Kier molecular flexibility index (Phi) is 21.6. The van der Waals surface area contributed by atoms with Gasteiger partial charge in [-0.3, -0.25) is 9.59 Å². The SMILES string of the molecule is CCCCCCNC1CC(C)(C)C(/C=C/C(C)=C/C=C/C(C)=C/C=C/C=C(C)/C=C/C=C(C)/C=C/C2=C(C)C(=O)C(NCCCCCC)CC2(C)C)=C(C)C1=O. The molecule has 2 aliphatic carbocycles. The second-order valence-electron chi connectivity index (χ2n) is 17.5. The van der Waals surface area contributed by atoms with Gasteiger partial charge in [-0.25, -0.2) is 0 Å². The first-order valence-corrected chi connectivity index (χ1v) is 21.6. The van der Waals surface area contributed by atoms with Gasteiger partial charge in [0.1, 0.15) is 0 Å². The summed E-state index contributed by atoms with van der Waals surface area (Å²) in [5.41, 5.74) is 8.55. The molecule has 0 spiro atoms. The molecule has 0 fully saturated rings. The van der Waals surface area contributed by atoms with Crippen LogP contribution in [0.25, 0.3) is 0 Å². The number of allylic oxidation sites excluding steroid dienone is 20. The molecule has 2 aliphatic rings. The van der Waals surface area contributed by atoms with E-state index >= 15 is 0 Å². The van der Waals surface area contributed by atoms with Gasteiger partial charge in [-0.15, -0.1) is 0 Å². The van der Waals surface area contributed by atoms with Crippen molar-refractivity contribution in [3.8, 4) is 0 Å². The van der Waals surface area contributed by atoms with Gasteiger partial charge in [0.05, 0.1) is 12.1 Å². The van der Waals surface area contributed by atoms with Crippen LogP contribution in [0.3, 0.4) is 0 Å². The quantitative estimate of drug-likeness (QED) is 0.0852. The Morgan fingerprint density at radius 3 is 1.23 bits per heavy atom. The lowest BCUT2D eigenvalue weighted by molar-refractivity contribution is -0.119. The number of nitrogens with one attached hydrogen (secondary N) is 2. The Morgan fingerprint density at radius 1 is 0.536 bits per heavy atom. The van der Waals surface area contributed by atoms with Crippen molar-refractivity contribution in [1.29, 1.82) is 0 Å². The predicted octanol–water partition coefficient (Wildman–Crippen LogP) is 13.3. The van der Waals surface area contributed by atoms with Gasteiger partial charge in [0, 0.05) is 0 Å². The lowest BCUT2D eigenvalue weighted by Crippen LogP contribution is -2.45. The number of unbranched alkanes of at least 4 members (excludes halogenated alkanes) is 6. The summed E-state index contributed by atoms with van der Waals surface area (Å²) in [6.45, 7) is 27.7. The Bertz CT molecular complexity index is 1530. The molecule has 56 heavy (non-hydrogen) atoms. The van der Waals surface area contributed by atoms with Crippen molar-refractivity contribution in [1.82, 2.24) is 10.6 Å². The molecule has 0 aromatic rings. The van der Waals surface area contributed by atoms with Crippen LogP contribution in [-0.4, -0.2) is 36.7 Å². The molecule has 4 heteroatoms. The third-order valence-corrected chi connectivity index (χ3v) is 11.2. The Labute approximate surface area is 343 Å². The van der Waals surface area contributed by atoms with Gasteiger partial charge in [0.15, 0.2) is 11.6 Å². The molecule has 0 heterocycles. The molecule has 0 aromatic heterocycles. The Hall–Kier alpha value is -3.60. The summed E-state index contributed by atoms with van der Waals surface area (Å²) >= 11 is 0. The third-order valence-electron chi connectivity index (χ3n) is 11.2. The van der Waals surface area contributed by atoms with E-state index in [1.807, 2.05) is 13.8 Å². The van der Waals surface area contributed by atoms with E-state index in [2.05, 4.69) is 165 Å². The normalized spacial score (nSPS) is 21.9. The molecule has 308 valence electrons. The highest BCUT2D eigenvalue weighted by Gasteiger charge is 2.38. The van der Waals surface area contributed by atoms with Crippen LogP contribution in [0, 0.1) is 10.8 Å². The van der Waals surface area contributed by atoms with Crippen LogP contribution < -0.4 is 10.6 Å². The van der Waals surface area contributed by atoms with Crippen molar-refractivity contribution >= 4 is 11.6 Å². The summed E-state index contributed by atoms with van der Waals surface area (Å²) in [5.74, 6) is 0.487. The van der Waals surface area contributed by atoms with Crippen molar-refractivity contribution in [2.24, 2.45) is 10.8 Å². The van der Waals surface area contributed by atoms with Crippen molar-refractivity contribution < 1.29 is 9.59 Å². The van der Waals surface area contributed by atoms with E-state index in [4.69, 9.17) is 0 Å². The third kappa shape index (κ3) is 16.9. The zero-order chi connectivity index (χ0) is 41.7. The fraction of sp³-hybridized carbons (Fsp3) is 0.538. The van der Waals surface area contributed by atoms with Crippen LogP contribution in [0.1, 0.15) is 147 Å². The molecule has 0 bridgehead atoms. The van der Waals surface area contributed by atoms with Gasteiger partial charge in [0.25, 0.3) is 0 Å². The lowest BCUT2D eigenvalue weighted by atomic mass is 9.70. The standard InChI is InChI=1S/C52H78N2O2/c1-13-15-17-21-35-53-47-37-51(9,10)45(43(7)49(47)55)33-31-41(5)29-23-27-39(3)25-19-20-26-40(4)28-24-30-42(6)32-34-46-44(8)50(56)48(38-52(46,11)12)54-36-22-18-16-14-2/h19-20,23-34,47-48,53-54H,13-18,21-22,35-38H2,1-12H3/b20-19+,27-23+,28-24+,33-31+,34-32+,39-25+,40-26+,41-29+,42-30+. The topological polar surface area (TPSA) is 58.2 Å². The molecule has 0 aromatic carbocycles. The summed E-state index contributed by atoms with van der Waals surface area (Å²) in [7, 11) is 0. The highest BCUT2D eigenvalue weighted by Crippen LogP contribution is 2.41. The summed E-state index contributed by atoms with van der Waals surface area (Å²) in [4.78, 5) is 26.4. The number of Topliss-reactive ketones (excluding diaryl/α,β-unsaturated/α-hetero) is 2. The largest absolute Gasteiger partial charge is 0.307 e. The molecule has 2 N–H and O–H groups in total. The van der Waals surface area contributed by atoms with Crippen molar-refractivity contribution in [2.75, 3.05) is 13.1 Å². The van der Waals surface area contributed by atoms with E-state index in [1.54, 1.807) is 0 Å². The van der Waals surface area contributed by atoms with Gasteiger partial charge in [0.2, 0.25) is 0 Å². The first-order chi connectivity index (χ1) is 26.5. The number of rotatable bonds is 22. The Balaban J connectivity index is 1.93. The van der Waals surface area contributed by atoms with Crippen molar-refractivity contribution in [2.45, 2.75) is 159 Å². The average Bonchev–Trinajstić information content (AvgIpc) is 3.13. The smallest absolute Gasteiger partial charge is 0.175 e. The number of carbonyl (C=O) groups is 2. The van der Waals surface area contributed by atoms with Gasteiger partial charge in [-0.1, -0.05) is 187 Å². The molecule has 2 rings (SSSR count). The minimum absolute atomic E-state index is 0.0598. The van der Waals surface area contributed by atoms with Gasteiger partial charge in [-0.05, 0) is 113 Å². The lowest BCUT2D eigenvalue weighted by Gasteiger charge is -2.37. The second kappa shape index (κ2) is 24.9. The Morgan fingerprint density at radius 2 is 0.875 bits per heavy atom. The van der Waals surface area contributed by atoms with E-state index in [0.29, 0.717) is 0 Å². The van der Waals surface area contributed by atoms with Crippen LogP contribution in [0.5, 0.6) is 0 Å². The van der Waals surface area contributed by atoms with E-state index in [1.165, 1.54) is 38.5 Å². The number of hydrogen-bond donors (Lipinski definition) is 2.